The first kappa shape index (κ1) is 52.7. The SMILES string of the molecule is CCS/C(=C(/C)N)c1ccc([C@H](C)NC(=O)[C@@H]2C[C@@H](O)CN2C(=O)C(NC(=O)CCCCc2ccc(CO[C@H](C)[C@H](CCC(N)=O)NC(=O)OC(C)(C)C)cc2C)C(C)(C)C)cc1. The summed E-state index contributed by atoms with van der Waals surface area (Å²) in [6, 6.07) is 11.3. The molecule has 1 unspecified atom stereocenters. The minimum Gasteiger partial charge on any atom is -0.444 e. The van der Waals surface area contributed by atoms with Gasteiger partial charge in [0, 0.05) is 36.4 Å². The van der Waals surface area contributed by atoms with E-state index in [0.717, 1.165) is 57.0 Å². The second kappa shape index (κ2) is 23.9. The Balaban J connectivity index is 1.55. The smallest absolute Gasteiger partial charge is 0.407 e. The summed E-state index contributed by atoms with van der Waals surface area (Å²) in [6.45, 7) is 20.9. The Morgan fingerprint density at radius 1 is 0.937 bits per heavy atom. The van der Waals surface area contributed by atoms with Crippen LogP contribution >= 0.6 is 11.8 Å². The number of unbranched alkanes of at least 4 members (excludes halogenated alkanes) is 1. The largest absolute Gasteiger partial charge is 0.444 e. The van der Waals surface area contributed by atoms with E-state index in [0.29, 0.717) is 19.4 Å². The summed E-state index contributed by atoms with van der Waals surface area (Å²) >= 11 is 1.68. The summed E-state index contributed by atoms with van der Waals surface area (Å²) in [7, 11) is 0. The van der Waals surface area contributed by atoms with Gasteiger partial charge in [0.2, 0.25) is 23.6 Å². The van der Waals surface area contributed by atoms with Crippen molar-refractivity contribution in [2.45, 2.75) is 170 Å². The van der Waals surface area contributed by atoms with Gasteiger partial charge in [0.1, 0.15) is 17.7 Å². The number of hydrogen-bond donors (Lipinski definition) is 6. The molecule has 1 saturated heterocycles. The summed E-state index contributed by atoms with van der Waals surface area (Å²) in [5.74, 6) is -0.592. The molecule has 0 radical (unpaired) electrons. The molecule has 15 heteroatoms. The predicted molar refractivity (Wildman–Crippen MR) is 250 cm³/mol. The number of likely N-dealkylation sites (tertiary alicyclic amines) is 1. The third-order valence-electron chi connectivity index (χ3n) is 11.0. The molecular formula is C48H74N6O8S. The minimum absolute atomic E-state index is 0.00281. The molecule has 1 heterocycles. The molecule has 5 amide bonds. The molecule has 8 N–H and O–H groups in total. The van der Waals surface area contributed by atoms with E-state index in [1.165, 1.54) is 4.90 Å². The standard InChI is InChI=1S/C48H74N6O8S/c1-12-63-42(30(3)49)36-21-19-35(20-22-36)31(4)51-44(58)39-26-37(55)27-54(39)45(59)43(47(6,7)8)53-41(57)16-14-13-15-34-18-17-33(25-29(34)2)28-61-32(5)38(23-24-40(50)56)52-46(60)62-48(9,10)11/h17-22,25,31-32,37-39,43,55H,12-16,23-24,26-28,49H2,1-11H3,(H2,50,56)(H,51,58)(H,52,60)(H,53,57)/b42-30-/t31-,32+,37+,38-,39-,43?/m0/s1. The highest BCUT2D eigenvalue weighted by molar-refractivity contribution is 8.08. The number of primary amides is 1. The number of β-amino-alcohol motifs (C(OH)–C–C–N with tert-alkyl or cyclic N) is 1. The number of hydrogen-bond acceptors (Lipinski definition) is 10. The van der Waals surface area contributed by atoms with E-state index in [-0.39, 0.29) is 43.7 Å². The first-order valence-electron chi connectivity index (χ1n) is 22.2. The van der Waals surface area contributed by atoms with Crippen molar-refractivity contribution < 1.29 is 38.6 Å². The van der Waals surface area contributed by atoms with E-state index in [1.54, 1.807) is 32.5 Å². The van der Waals surface area contributed by atoms with Crippen molar-refractivity contribution in [1.82, 2.24) is 20.9 Å². The van der Waals surface area contributed by atoms with Crippen LogP contribution in [0.15, 0.2) is 48.2 Å². The maximum Gasteiger partial charge on any atom is 0.407 e. The highest BCUT2D eigenvalue weighted by Gasteiger charge is 2.44. The lowest BCUT2D eigenvalue weighted by Gasteiger charge is -2.35. The number of ether oxygens (including phenoxy) is 2. The van der Waals surface area contributed by atoms with Crippen molar-refractivity contribution in [2.24, 2.45) is 16.9 Å². The summed E-state index contributed by atoms with van der Waals surface area (Å²) in [6.07, 6.45) is 0.937. The lowest BCUT2D eigenvalue weighted by atomic mass is 9.85. The van der Waals surface area contributed by atoms with Crippen LogP contribution in [0.4, 0.5) is 4.79 Å². The van der Waals surface area contributed by atoms with Crippen molar-refractivity contribution in [2.75, 3.05) is 12.3 Å². The molecule has 1 aliphatic rings. The first-order valence-corrected chi connectivity index (χ1v) is 23.1. The Bertz CT molecular complexity index is 1900. The summed E-state index contributed by atoms with van der Waals surface area (Å²) in [5, 5.41) is 19.5. The highest BCUT2D eigenvalue weighted by atomic mass is 32.2. The molecule has 1 fully saturated rings. The van der Waals surface area contributed by atoms with Gasteiger partial charge in [-0.05, 0) is 113 Å². The monoisotopic (exact) mass is 895 g/mol. The number of thioether (sulfide) groups is 1. The lowest BCUT2D eigenvalue weighted by Crippen LogP contribution is -2.57. The van der Waals surface area contributed by atoms with Crippen molar-refractivity contribution in [3.63, 3.8) is 0 Å². The molecule has 0 aliphatic carbocycles. The number of carbonyl (C=O) groups is 5. The molecule has 14 nitrogen and oxygen atoms in total. The number of allylic oxidation sites excluding steroid dienone is 1. The van der Waals surface area contributed by atoms with Crippen LogP contribution in [0.3, 0.4) is 0 Å². The summed E-state index contributed by atoms with van der Waals surface area (Å²) in [5.41, 5.74) is 16.0. The fourth-order valence-corrected chi connectivity index (χ4v) is 8.31. The average molecular weight is 895 g/mol. The van der Waals surface area contributed by atoms with Crippen LogP contribution in [0, 0.1) is 12.3 Å². The maximum absolute atomic E-state index is 14.1. The van der Waals surface area contributed by atoms with Gasteiger partial charge in [0.15, 0.2) is 0 Å². The first-order chi connectivity index (χ1) is 29.4. The number of amides is 5. The zero-order valence-electron chi connectivity index (χ0n) is 39.4. The van der Waals surface area contributed by atoms with E-state index >= 15 is 0 Å². The van der Waals surface area contributed by atoms with Crippen molar-refractivity contribution >= 4 is 46.4 Å². The van der Waals surface area contributed by atoms with Gasteiger partial charge in [-0.3, -0.25) is 19.2 Å². The normalized spacial score (nSPS) is 17.8. The predicted octanol–water partition coefficient (Wildman–Crippen LogP) is 6.54. The van der Waals surface area contributed by atoms with E-state index in [9.17, 15) is 29.1 Å². The molecule has 2 aromatic carbocycles. The third-order valence-corrected chi connectivity index (χ3v) is 12.1. The number of nitrogens with zero attached hydrogens (tertiary/aromatic N) is 1. The topological polar surface area (TPSA) is 215 Å². The van der Waals surface area contributed by atoms with Gasteiger partial charge in [0.05, 0.1) is 30.9 Å². The van der Waals surface area contributed by atoms with Gasteiger partial charge in [-0.15, -0.1) is 11.8 Å². The Labute approximate surface area is 379 Å². The zero-order chi connectivity index (χ0) is 47.2. The summed E-state index contributed by atoms with van der Waals surface area (Å²) in [4.78, 5) is 67.6. The van der Waals surface area contributed by atoms with E-state index in [4.69, 9.17) is 20.9 Å². The van der Waals surface area contributed by atoms with Crippen LogP contribution in [0.5, 0.6) is 0 Å². The fourth-order valence-electron chi connectivity index (χ4n) is 7.49. The molecule has 0 spiro atoms. The minimum atomic E-state index is -0.906. The van der Waals surface area contributed by atoms with Crippen molar-refractivity contribution in [3.8, 4) is 0 Å². The van der Waals surface area contributed by atoms with Crippen molar-refractivity contribution in [1.29, 1.82) is 0 Å². The molecule has 0 saturated carbocycles. The number of rotatable bonds is 21. The van der Waals surface area contributed by atoms with Gasteiger partial charge in [-0.1, -0.05) is 70.2 Å². The van der Waals surface area contributed by atoms with Gasteiger partial charge in [0.25, 0.3) is 0 Å². The van der Waals surface area contributed by atoms with E-state index < -0.39 is 59.3 Å². The van der Waals surface area contributed by atoms with Gasteiger partial charge in [-0.25, -0.2) is 4.79 Å². The molecule has 0 aromatic heterocycles. The van der Waals surface area contributed by atoms with Crippen LogP contribution in [0.25, 0.3) is 4.91 Å². The molecule has 3 rings (SSSR count). The number of carbonyl (C=O) groups excluding carboxylic acids is 5. The quantitative estimate of drug-likeness (QED) is 0.0744. The second-order valence-electron chi connectivity index (χ2n) is 18.8. The average Bonchev–Trinajstić information content (AvgIpc) is 3.59. The maximum atomic E-state index is 14.1. The second-order valence-corrected chi connectivity index (χ2v) is 20.1. The van der Waals surface area contributed by atoms with Crippen LogP contribution in [0.1, 0.15) is 142 Å². The molecule has 0 bridgehead atoms. The Kier molecular flexibility index (Phi) is 20.0. The van der Waals surface area contributed by atoms with Crippen molar-refractivity contribution in [3.05, 3.63) is 76.0 Å². The molecule has 6 atom stereocenters. The molecule has 63 heavy (non-hydrogen) atoms. The van der Waals surface area contributed by atoms with Gasteiger partial charge >= 0.3 is 6.09 Å². The Morgan fingerprint density at radius 3 is 2.17 bits per heavy atom. The van der Waals surface area contributed by atoms with E-state index in [2.05, 4.69) is 28.9 Å². The Hall–Kier alpha value is -4.60. The molecule has 1 aliphatic heterocycles. The van der Waals surface area contributed by atoms with Gasteiger partial charge in [-0.2, -0.15) is 0 Å². The number of aryl methyl sites for hydroxylation is 2. The number of benzene rings is 2. The van der Waals surface area contributed by atoms with Crippen LogP contribution in [-0.4, -0.2) is 88.0 Å². The molecular weight excluding hydrogens is 821 g/mol. The fraction of sp³-hybridized carbons (Fsp3) is 0.604. The van der Waals surface area contributed by atoms with Crippen LogP contribution in [0.2, 0.25) is 0 Å². The zero-order valence-corrected chi connectivity index (χ0v) is 40.2. The van der Waals surface area contributed by atoms with Gasteiger partial charge < -0.3 is 46.9 Å². The number of alkyl carbamates (subject to hydrolysis) is 1. The third kappa shape index (κ3) is 17.1. The number of nitrogens with one attached hydrogen (secondary N) is 3. The number of aliphatic hydroxyl groups is 1. The van der Waals surface area contributed by atoms with Crippen LogP contribution < -0.4 is 27.4 Å². The van der Waals surface area contributed by atoms with E-state index in [1.807, 2.05) is 84.9 Å². The molecule has 350 valence electrons. The number of aliphatic hydroxyl groups excluding tert-OH is 1. The lowest BCUT2D eigenvalue weighted by molar-refractivity contribution is -0.144. The Morgan fingerprint density at radius 2 is 1.60 bits per heavy atom. The molecule has 2 aromatic rings. The number of nitrogens with two attached hydrogens (primary N) is 2. The van der Waals surface area contributed by atoms with Crippen LogP contribution in [-0.2, 0) is 41.7 Å². The highest BCUT2D eigenvalue weighted by Crippen LogP contribution is 2.31. The summed E-state index contributed by atoms with van der Waals surface area (Å²) < 4.78 is 11.5.